The van der Waals surface area contributed by atoms with Crippen LogP contribution in [-0.2, 0) is 13.1 Å². The highest BCUT2D eigenvalue weighted by molar-refractivity contribution is 5.90. The van der Waals surface area contributed by atoms with E-state index in [-0.39, 0.29) is 6.03 Å². The molecule has 0 saturated carbocycles. The van der Waals surface area contributed by atoms with Crippen molar-refractivity contribution in [3.63, 3.8) is 0 Å². The normalized spacial score (nSPS) is 10.4. The molecule has 5 heteroatoms. The predicted molar refractivity (Wildman–Crippen MR) is 117 cm³/mol. The summed E-state index contributed by atoms with van der Waals surface area (Å²) in [5.41, 5.74) is 4.04. The summed E-state index contributed by atoms with van der Waals surface area (Å²) in [6, 6.07) is 19.7. The molecule has 2 aromatic carbocycles. The molecule has 150 valence electrons. The van der Waals surface area contributed by atoms with Gasteiger partial charge in [0.1, 0.15) is 5.75 Å². The third-order valence-electron chi connectivity index (χ3n) is 4.79. The first-order valence-electron chi connectivity index (χ1n) is 9.60. The average Bonchev–Trinajstić information content (AvgIpc) is 3.16. The number of amides is 2. The van der Waals surface area contributed by atoms with Gasteiger partial charge in [-0.25, -0.2) is 4.79 Å². The Bertz CT molecular complexity index is 978. The zero-order chi connectivity index (χ0) is 20.6. The molecule has 1 heterocycles. The summed E-state index contributed by atoms with van der Waals surface area (Å²) in [6.07, 6.45) is 3.77. The molecule has 5 nitrogen and oxygen atoms in total. The van der Waals surface area contributed by atoms with Crippen LogP contribution in [0.5, 0.6) is 5.75 Å². The van der Waals surface area contributed by atoms with Crippen molar-refractivity contribution in [2.45, 2.75) is 20.0 Å². The number of urea groups is 1. The summed E-state index contributed by atoms with van der Waals surface area (Å²) in [4.78, 5) is 14.6. The van der Waals surface area contributed by atoms with E-state index in [9.17, 15) is 4.79 Å². The van der Waals surface area contributed by atoms with Gasteiger partial charge in [0.25, 0.3) is 0 Å². The number of nitrogens with zero attached hydrogens (tertiary/aromatic N) is 2. The minimum atomic E-state index is -0.145. The number of aryl methyl sites for hydroxylation is 1. The Morgan fingerprint density at radius 2 is 2.00 bits per heavy atom. The Morgan fingerprint density at radius 1 is 1.17 bits per heavy atom. The summed E-state index contributed by atoms with van der Waals surface area (Å²) >= 11 is 0. The molecular weight excluding hydrogens is 362 g/mol. The number of para-hydroxylation sites is 1. The number of carbonyl (C=O) groups is 1. The monoisotopic (exact) mass is 389 g/mol. The smallest absolute Gasteiger partial charge is 0.322 e. The molecule has 3 aromatic rings. The van der Waals surface area contributed by atoms with Crippen LogP contribution in [-0.4, -0.2) is 29.2 Å². The maximum atomic E-state index is 12.9. The van der Waals surface area contributed by atoms with E-state index in [1.165, 1.54) is 0 Å². The van der Waals surface area contributed by atoms with Crippen LogP contribution in [0.2, 0.25) is 0 Å². The summed E-state index contributed by atoms with van der Waals surface area (Å²) in [5, 5.41) is 3.01. The molecule has 0 aliphatic rings. The molecule has 1 N–H and O–H groups in total. The lowest BCUT2D eigenvalue weighted by atomic mass is 10.2. The topological polar surface area (TPSA) is 46.5 Å². The van der Waals surface area contributed by atoms with Crippen molar-refractivity contribution >= 4 is 11.7 Å². The minimum Gasteiger partial charge on any atom is -0.497 e. The van der Waals surface area contributed by atoms with E-state index in [2.05, 4.69) is 22.5 Å². The van der Waals surface area contributed by atoms with Crippen molar-refractivity contribution in [1.82, 2.24) is 9.47 Å². The Balaban J connectivity index is 1.74. The SMILES string of the molecule is C=CCN(Cc1cccn1Cc1cccc(OC)c1)C(=O)Nc1ccccc1C. The van der Waals surface area contributed by atoms with Crippen molar-refractivity contribution in [1.29, 1.82) is 0 Å². The van der Waals surface area contributed by atoms with Crippen LogP contribution in [0, 0.1) is 6.92 Å². The fraction of sp³-hybridized carbons (Fsp3) is 0.208. The molecule has 0 aliphatic carbocycles. The second kappa shape index (κ2) is 9.64. The first-order chi connectivity index (χ1) is 14.1. The van der Waals surface area contributed by atoms with E-state index >= 15 is 0 Å². The Kier molecular flexibility index (Phi) is 6.74. The molecule has 2 amide bonds. The van der Waals surface area contributed by atoms with Gasteiger partial charge in [0, 0.05) is 30.7 Å². The van der Waals surface area contributed by atoms with Crippen LogP contribution in [0.1, 0.15) is 16.8 Å². The van der Waals surface area contributed by atoms with Gasteiger partial charge >= 0.3 is 6.03 Å². The molecule has 0 unspecified atom stereocenters. The van der Waals surface area contributed by atoms with Crippen LogP contribution in [0.3, 0.4) is 0 Å². The average molecular weight is 389 g/mol. The molecule has 0 saturated heterocycles. The number of hydrogen-bond donors (Lipinski definition) is 1. The standard InChI is InChI=1S/C24H27N3O2/c1-4-14-27(24(28)25-23-13-6-5-9-19(23)2)18-21-11-8-15-26(21)17-20-10-7-12-22(16-20)29-3/h4-13,15-16H,1,14,17-18H2,2-3H3,(H,25,28). The number of anilines is 1. The number of methoxy groups -OCH3 is 1. The van der Waals surface area contributed by atoms with E-state index < -0.39 is 0 Å². The largest absolute Gasteiger partial charge is 0.497 e. The quantitative estimate of drug-likeness (QED) is 0.547. The molecule has 0 spiro atoms. The second-order valence-electron chi connectivity index (χ2n) is 6.89. The number of hydrogen-bond acceptors (Lipinski definition) is 2. The highest BCUT2D eigenvalue weighted by atomic mass is 16.5. The molecule has 3 rings (SSSR count). The highest BCUT2D eigenvalue weighted by Gasteiger charge is 2.15. The predicted octanol–water partition coefficient (Wildman–Crippen LogP) is 5.07. The highest BCUT2D eigenvalue weighted by Crippen LogP contribution is 2.17. The van der Waals surface area contributed by atoms with Crippen LogP contribution in [0.15, 0.2) is 79.5 Å². The van der Waals surface area contributed by atoms with Gasteiger partial charge in [-0.15, -0.1) is 6.58 Å². The first-order valence-corrected chi connectivity index (χ1v) is 9.60. The fourth-order valence-corrected chi connectivity index (χ4v) is 3.19. The van der Waals surface area contributed by atoms with E-state index in [0.717, 1.165) is 28.3 Å². The molecular formula is C24H27N3O2. The van der Waals surface area contributed by atoms with Gasteiger partial charge in [-0.05, 0) is 48.4 Å². The van der Waals surface area contributed by atoms with Gasteiger partial charge < -0.3 is 19.5 Å². The van der Waals surface area contributed by atoms with E-state index in [1.807, 2.05) is 67.7 Å². The lowest BCUT2D eigenvalue weighted by molar-refractivity contribution is 0.214. The van der Waals surface area contributed by atoms with Gasteiger partial charge in [0.15, 0.2) is 0 Å². The summed E-state index contributed by atoms with van der Waals surface area (Å²) < 4.78 is 7.46. The Hall–Kier alpha value is -3.47. The zero-order valence-corrected chi connectivity index (χ0v) is 17.0. The van der Waals surface area contributed by atoms with E-state index in [4.69, 9.17) is 4.74 Å². The van der Waals surface area contributed by atoms with Crippen LogP contribution in [0.4, 0.5) is 10.5 Å². The van der Waals surface area contributed by atoms with Gasteiger partial charge in [-0.3, -0.25) is 0 Å². The lowest BCUT2D eigenvalue weighted by Gasteiger charge is -2.23. The molecule has 0 radical (unpaired) electrons. The maximum Gasteiger partial charge on any atom is 0.322 e. The summed E-state index contributed by atoms with van der Waals surface area (Å²) in [5.74, 6) is 0.835. The Morgan fingerprint density at radius 3 is 2.76 bits per heavy atom. The van der Waals surface area contributed by atoms with Gasteiger partial charge in [0.2, 0.25) is 0 Å². The number of benzene rings is 2. The molecule has 29 heavy (non-hydrogen) atoms. The van der Waals surface area contributed by atoms with Crippen molar-refractivity contribution < 1.29 is 9.53 Å². The summed E-state index contributed by atoms with van der Waals surface area (Å²) in [7, 11) is 1.67. The van der Waals surface area contributed by atoms with Gasteiger partial charge in [0.05, 0.1) is 13.7 Å². The van der Waals surface area contributed by atoms with Crippen molar-refractivity contribution in [2.24, 2.45) is 0 Å². The number of rotatable bonds is 8. The molecule has 0 atom stereocenters. The number of aromatic nitrogens is 1. The minimum absolute atomic E-state index is 0.145. The van der Waals surface area contributed by atoms with Gasteiger partial charge in [-0.1, -0.05) is 36.4 Å². The second-order valence-corrected chi connectivity index (χ2v) is 6.89. The lowest BCUT2D eigenvalue weighted by Crippen LogP contribution is -2.35. The first kappa shape index (κ1) is 20.3. The maximum absolute atomic E-state index is 12.9. The molecule has 0 aliphatic heterocycles. The third-order valence-corrected chi connectivity index (χ3v) is 4.79. The van der Waals surface area contributed by atoms with Crippen LogP contribution < -0.4 is 10.1 Å². The molecule has 0 bridgehead atoms. The van der Waals surface area contributed by atoms with E-state index in [0.29, 0.717) is 19.6 Å². The number of ether oxygens (including phenoxy) is 1. The van der Waals surface area contributed by atoms with Crippen molar-refractivity contribution in [3.8, 4) is 5.75 Å². The van der Waals surface area contributed by atoms with Gasteiger partial charge in [-0.2, -0.15) is 0 Å². The molecule has 0 fully saturated rings. The van der Waals surface area contributed by atoms with Crippen LogP contribution >= 0.6 is 0 Å². The summed E-state index contributed by atoms with van der Waals surface area (Å²) in [6.45, 7) is 7.44. The molecule has 1 aromatic heterocycles. The number of nitrogens with one attached hydrogen (secondary N) is 1. The third kappa shape index (κ3) is 5.29. The Labute approximate surface area is 172 Å². The fourth-order valence-electron chi connectivity index (χ4n) is 3.19. The van der Waals surface area contributed by atoms with Crippen molar-refractivity contribution in [3.05, 3.63) is 96.3 Å². The van der Waals surface area contributed by atoms with Crippen molar-refractivity contribution in [2.75, 3.05) is 19.0 Å². The van der Waals surface area contributed by atoms with E-state index in [1.54, 1.807) is 18.1 Å². The number of carbonyl (C=O) groups excluding carboxylic acids is 1. The van der Waals surface area contributed by atoms with Crippen LogP contribution in [0.25, 0.3) is 0 Å². The zero-order valence-electron chi connectivity index (χ0n) is 17.0.